The van der Waals surface area contributed by atoms with Crippen LogP contribution in [0.4, 0.5) is 0 Å². The second-order valence-electron chi connectivity index (χ2n) is 0.115. The van der Waals surface area contributed by atoms with Gasteiger partial charge in [-0.25, -0.2) is 0 Å². The van der Waals surface area contributed by atoms with Crippen molar-refractivity contribution < 1.29 is 68.3 Å². The van der Waals surface area contributed by atoms with Gasteiger partial charge >= 0.3 is 59.1 Å². The molecular formula is H8BKO3P. The smallest absolute Gasteiger partial charge is 1.00 e. The maximum atomic E-state index is 7.00. The quantitative estimate of drug-likeness (QED) is 0.259. The van der Waals surface area contributed by atoms with E-state index in [1.165, 1.54) is 0 Å². The molecule has 1 unspecified atom stereocenters. The summed E-state index contributed by atoms with van der Waals surface area (Å²) in [5, 5.41) is 14.0. The van der Waals surface area contributed by atoms with E-state index in [2.05, 4.69) is 0 Å². The van der Waals surface area contributed by atoms with Crippen LogP contribution in [-0.2, 0) is 0 Å². The van der Waals surface area contributed by atoms with Gasteiger partial charge in [0.25, 0.3) is 0 Å². The predicted octanol–water partition coefficient (Wildman–Crippen LogP) is -5.14. The molecule has 6 heavy (non-hydrogen) atoms. The van der Waals surface area contributed by atoms with E-state index in [1.54, 1.807) is 0 Å². The fourth-order valence-corrected chi connectivity index (χ4v) is 0. The van der Waals surface area contributed by atoms with E-state index in [4.69, 9.17) is 10.0 Å². The molecule has 0 aliphatic heterocycles. The van der Waals surface area contributed by atoms with E-state index >= 15 is 0 Å². The standard InChI is InChI=1S/BH2O2.K.H2O.H3P.H/c2-1-3;;;;/h2-3H;;1H2;1H3;/q;+1;;;-1. The molecule has 0 saturated heterocycles. The first-order valence-corrected chi connectivity index (χ1v) is 0.516. The van der Waals surface area contributed by atoms with Crippen LogP contribution in [0.5, 0.6) is 0 Å². The van der Waals surface area contributed by atoms with E-state index in [1.807, 2.05) is 0 Å². The molecule has 6 heteroatoms. The van der Waals surface area contributed by atoms with Crippen LogP contribution in [0.2, 0.25) is 0 Å². The average Bonchev–Trinajstić information content (AvgIpc) is 0.918. The number of hydrogen-bond acceptors (Lipinski definition) is 2. The Kier molecular flexibility index (Phi) is 114. The van der Waals surface area contributed by atoms with Gasteiger partial charge in [0.15, 0.2) is 0 Å². The molecule has 0 aliphatic carbocycles. The molecule has 0 aromatic carbocycles. The van der Waals surface area contributed by atoms with Crippen molar-refractivity contribution in [2.24, 2.45) is 0 Å². The van der Waals surface area contributed by atoms with Gasteiger partial charge in [-0.15, -0.1) is 0 Å². The minimum atomic E-state index is 0. The van der Waals surface area contributed by atoms with Crippen LogP contribution >= 0.6 is 9.90 Å². The Bertz CT molecular complexity index is 14.9. The van der Waals surface area contributed by atoms with Crippen molar-refractivity contribution in [2.75, 3.05) is 0 Å². The molecular weight excluding hydrogens is 129 g/mol. The predicted molar refractivity (Wildman–Crippen MR) is 26.0 cm³/mol. The largest absolute Gasteiger partial charge is 1.00 e. The summed E-state index contributed by atoms with van der Waals surface area (Å²) in [5.74, 6) is 0. The van der Waals surface area contributed by atoms with E-state index in [0.29, 0.717) is 0 Å². The average molecular weight is 137 g/mol. The summed E-state index contributed by atoms with van der Waals surface area (Å²) in [4.78, 5) is 0. The Morgan fingerprint density at radius 3 is 1.33 bits per heavy atom. The van der Waals surface area contributed by atoms with Crippen molar-refractivity contribution in [3.63, 3.8) is 0 Å². The van der Waals surface area contributed by atoms with Crippen molar-refractivity contribution in [3.05, 3.63) is 0 Å². The summed E-state index contributed by atoms with van der Waals surface area (Å²) >= 11 is 0. The van der Waals surface area contributed by atoms with Gasteiger partial charge in [0.2, 0.25) is 0 Å². The Balaban J connectivity index is -0.00000000333. The minimum absolute atomic E-state index is 0. The van der Waals surface area contributed by atoms with Crippen molar-refractivity contribution in [3.8, 4) is 0 Å². The third kappa shape index (κ3) is 37.3. The molecule has 1 radical (unpaired) electrons. The fourth-order valence-electron chi connectivity index (χ4n) is 0. The molecule has 0 saturated carbocycles. The van der Waals surface area contributed by atoms with Crippen LogP contribution in [0.1, 0.15) is 1.43 Å². The Morgan fingerprint density at radius 1 is 1.33 bits per heavy atom. The minimum Gasteiger partial charge on any atom is -1.00 e. The monoisotopic (exact) mass is 137 g/mol. The van der Waals surface area contributed by atoms with Crippen LogP contribution in [0.3, 0.4) is 0 Å². The van der Waals surface area contributed by atoms with Crippen molar-refractivity contribution in [2.45, 2.75) is 0 Å². The van der Waals surface area contributed by atoms with Gasteiger partial charge in [0.1, 0.15) is 0 Å². The Morgan fingerprint density at radius 2 is 1.33 bits per heavy atom. The summed E-state index contributed by atoms with van der Waals surface area (Å²) in [5.41, 5.74) is 0. The molecule has 0 aliphatic rings. The molecule has 0 heterocycles. The maximum absolute atomic E-state index is 7.00. The normalized spacial score (nSPS) is 2.33. The van der Waals surface area contributed by atoms with Crippen molar-refractivity contribution in [1.82, 2.24) is 0 Å². The molecule has 0 rings (SSSR count). The molecule has 0 spiro atoms. The molecule has 35 valence electrons. The zero-order chi connectivity index (χ0) is 2.71. The van der Waals surface area contributed by atoms with Crippen molar-refractivity contribution in [1.29, 1.82) is 0 Å². The van der Waals surface area contributed by atoms with Gasteiger partial charge in [0, 0.05) is 0 Å². The number of hydrogen-bond donors (Lipinski definition) is 2. The molecule has 4 N–H and O–H groups in total. The topological polar surface area (TPSA) is 72.0 Å². The second kappa shape index (κ2) is 27.9. The summed E-state index contributed by atoms with van der Waals surface area (Å²) in [6, 6.07) is 0. The second-order valence-corrected chi connectivity index (χ2v) is 0.115. The van der Waals surface area contributed by atoms with E-state index < -0.39 is 0 Å². The van der Waals surface area contributed by atoms with E-state index in [9.17, 15) is 0 Å². The summed E-state index contributed by atoms with van der Waals surface area (Å²) in [6.45, 7) is 0. The third-order valence-corrected chi connectivity index (χ3v) is 0. The van der Waals surface area contributed by atoms with Crippen LogP contribution in [0, 0.1) is 0 Å². The molecule has 3 nitrogen and oxygen atoms in total. The van der Waals surface area contributed by atoms with E-state index in [0.717, 1.165) is 0 Å². The fraction of sp³-hybridized carbons (Fsp3) is 0. The van der Waals surface area contributed by atoms with Crippen LogP contribution < -0.4 is 51.4 Å². The molecule has 1 atom stereocenters. The molecule has 0 amide bonds. The Hall–Kier alpha value is 2.01. The molecule has 0 aromatic heterocycles. The van der Waals surface area contributed by atoms with Crippen LogP contribution in [-0.4, -0.2) is 23.2 Å². The number of rotatable bonds is 0. The van der Waals surface area contributed by atoms with Gasteiger partial charge in [-0.2, -0.15) is 9.90 Å². The van der Waals surface area contributed by atoms with Gasteiger partial charge in [-0.1, -0.05) is 0 Å². The SMILES string of the molecule is O.O[B]O.P.[H-].[K+]. The first-order chi connectivity index (χ1) is 1.41. The summed E-state index contributed by atoms with van der Waals surface area (Å²) < 4.78 is 0. The molecule has 0 fully saturated rings. The Labute approximate surface area is 84.7 Å². The van der Waals surface area contributed by atoms with E-state index in [-0.39, 0.29) is 75.9 Å². The first kappa shape index (κ1) is 24.5. The van der Waals surface area contributed by atoms with Gasteiger partial charge < -0.3 is 17.0 Å². The summed E-state index contributed by atoms with van der Waals surface area (Å²) in [6.07, 6.45) is 0. The molecule has 0 aromatic rings. The van der Waals surface area contributed by atoms with Gasteiger partial charge in [-0.05, 0) is 0 Å². The van der Waals surface area contributed by atoms with Crippen LogP contribution in [0.15, 0.2) is 0 Å². The molecule has 0 bridgehead atoms. The van der Waals surface area contributed by atoms with Gasteiger partial charge in [0.05, 0.1) is 0 Å². The maximum Gasteiger partial charge on any atom is 1.00 e. The van der Waals surface area contributed by atoms with Crippen molar-refractivity contribution >= 4 is 17.6 Å². The zero-order valence-electron chi connectivity index (χ0n) is 4.68. The van der Waals surface area contributed by atoms with Crippen LogP contribution in [0.25, 0.3) is 0 Å². The van der Waals surface area contributed by atoms with Gasteiger partial charge in [-0.3, -0.25) is 0 Å². The summed E-state index contributed by atoms with van der Waals surface area (Å²) in [7, 11) is 0. The first-order valence-electron chi connectivity index (χ1n) is 0.516. The zero-order valence-corrected chi connectivity index (χ0v) is 8.22. The third-order valence-electron chi connectivity index (χ3n) is 0.